The summed E-state index contributed by atoms with van der Waals surface area (Å²) >= 11 is 0. The number of carbonyl (C=O) groups excluding carboxylic acids is 2. The molecule has 0 bridgehead atoms. The van der Waals surface area contributed by atoms with Crippen molar-refractivity contribution in [1.29, 1.82) is 0 Å². The molecule has 3 amide bonds. The fraction of sp³-hybridized carbons (Fsp3) is 0.750. The number of likely N-dealkylation sites (tertiary alicyclic amines) is 1. The highest BCUT2D eigenvalue weighted by molar-refractivity contribution is 5.87. The molecule has 0 aromatic carbocycles. The number of hydrogen-bond donors (Lipinski definition) is 2. The maximum absolute atomic E-state index is 12.3. The first-order chi connectivity index (χ1) is 9.27. The summed E-state index contributed by atoms with van der Waals surface area (Å²) in [5.41, 5.74) is 0. The molecule has 2 N–H and O–H groups in total. The minimum atomic E-state index is -1.15. The van der Waals surface area contributed by atoms with Gasteiger partial charge >= 0.3 is 12.0 Å². The lowest BCUT2D eigenvalue weighted by molar-refractivity contribution is -0.141. The standard InChI is InChI=1S/C12H21N3O5/c1-4-14(7-10(17)13(2)3)12(20)15-6-8(16)5-9(15)11(18)19/h8-9,16H,4-7H2,1-3H3,(H,18,19)/t8-,9-/m1/s1. The maximum atomic E-state index is 12.3. The Hall–Kier alpha value is -1.83. The van der Waals surface area contributed by atoms with Crippen molar-refractivity contribution in [2.45, 2.75) is 25.5 Å². The average molecular weight is 287 g/mol. The van der Waals surface area contributed by atoms with Crippen LogP contribution < -0.4 is 0 Å². The van der Waals surface area contributed by atoms with Gasteiger partial charge in [0, 0.05) is 33.6 Å². The van der Waals surface area contributed by atoms with E-state index in [1.807, 2.05) is 0 Å². The van der Waals surface area contributed by atoms with Crippen molar-refractivity contribution in [1.82, 2.24) is 14.7 Å². The molecule has 1 heterocycles. The Morgan fingerprint density at radius 1 is 1.30 bits per heavy atom. The molecule has 20 heavy (non-hydrogen) atoms. The van der Waals surface area contributed by atoms with Crippen LogP contribution in [0.15, 0.2) is 0 Å². The molecule has 1 fully saturated rings. The van der Waals surface area contributed by atoms with Gasteiger partial charge in [-0.2, -0.15) is 0 Å². The fourth-order valence-electron chi connectivity index (χ4n) is 2.06. The molecule has 114 valence electrons. The van der Waals surface area contributed by atoms with E-state index in [4.69, 9.17) is 5.11 Å². The van der Waals surface area contributed by atoms with Crippen LogP contribution in [0.5, 0.6) is 0 Å². The van der Waals surface area contributed by atoms with Crippen molar-refractivity contribution in [3.63, 3.8) is 0 Å². The second-order valence-electron chi connectivity index (χ2n) is 4.98. The number of nitrogens with zero attached hydrogens (tertiary/aromatic N) is 3. The number of carboxylic acids is 1. The lowest BCUT2D eigenvalue weighted by Gasteiger charge is -2.29. The molecule has 1 saturated heterocycles. The third kappa shape index (κ3) is 3.60. The zero-order valence-corrected chi connectivity index (χ0v) is 11.9. The number of likely N-dealkylation sites (N-methyl/N-ethyl adjacent to an activating group) is 2. The van der Waals surface area contributed by atoms with Gasteiger partial charge in [0.25, 0.3) is 0 Å². The van der Waals surface area contributed by atoms with E-state index in [0.717, 1.165) is 4.90 Å². The molecule has 2 atom stereocenters. The van der Waals surface area contributed by atoms with Crippen LogP contribution in [0.1, 0.15) is 13.3 Å². The van der Waals surface area contributed by atoms with Gasteiger partial charge in [0.2, 0.25) is 5.91 Å². The first kappa shape index (κ1) is 16.2. The van der Waals surface area contributed by atoms with Gasteiger partial charge in [-0.1, -0.05) is 0 Å². The molecule has 1 aliphatic heterocycles. The Labute approximate surface area is 117 Å². The molecule has 0 saturated carbocycles. The van der Waals surface area contributed by atoms with Crippen molar-refractivity contribution in [2.24, 2.45) is 0 Å². The molecule has 0 unspecified atom stereocenters. The van der Waals surface area contributed by atoms with Crippen LogP contribution in [0.3, 0.4) is 0 Å². The van der Waals surface area contributed by atoms with Crippen LogP contribution in [0.25, 0.3) is 0 Å². The van der Waals surface area contributed by atoms with E-state index in [1.165, 1.54) is 9.80 Å². The molecule has 0 aromatic rings. The van der Waals surface area contributed by atoms with Crippen molar-refractivity contribution >= 4 is 17.9 Å². The average Bonchev–Trinajstić information content (AvgIpc) is 2.76. The number of aliphatic hydroxyl groups is 1. The third-order valence-electron chi connectivity index (χ3n) is 3.29. The smallest absolute Gasteiger partial charge is 0.326 e. The SMILES string of the molecule is CCN(CC(=O)N(C)C)C(=O)N1C[C@H](O)C[C@@H]1C(=O)O. The van der Waals surface area contributed by atoms with Gasteiger partial charge in [-0.15, -0.1) is 0 Å². The van der Waals surface area contributed by atoms with E-state index in [9.17, 15) is 19.5 Å². The molecule has 8 heteroatoms. The second-order valence-corrected chi connectivity index (χ2v) is 4.98. The quantitative estimate of drug-likeness (QED) is 0.693. The first-order valence-corrected chi connectivity index (χ1v) is 6.44. The Morgan fingerprint density at radius 2 is 1.90 bits per heavy atom. The lowest BCUT2D eigenvalue weighted by Crippen LogP contribution is -2.50. The Balaban J connectivity index is 2.79. The van der Waals surface area contributed by atoms with Crippen LogP contribution >= 0.6 is 0 Å². The van der Waals surface area contributed by atoms with Crippen molar-refractivity contribution in [3.8, 4) is 0 Å². The van der Waals surface area contributed by atoms with Gasteiger partial charge in [-0.3, -0.25) is 4.79 Å². The van der Waals surface area contributed by atoms with Gasteiger partial charge in [0.1, 0.15) is 12.6 Å². The number of β-amino-alcohol motifs (C(OH)–C–C–N with tert-alkyl or cyclic N) is 1. The molecule has 0 aromatic heterocycles. The number of urea groups is 1. The van der Waals surface area contributed by atoms with E-state index in [1.54, 1.807) is 21.0 Å². The molecule has 0 radical (unpaired) electrons. The Bertz CT molecular complexity index is 399. The summed E-state index contributed by atoms with van der Waals surface area (Å²) in [7, 11) is 3.17. The summed E-state index contributed by atoms with van der Waals surface area (Å²) in [6.07, 6.45) is -0.830. The van der Waals surface area contributed by atoms with Crippen molar-refractivity contribution < 1.29 is 24.6 Å². The highest BCUT2D eigenvalue weighted by Crippen LogP contribution is 2.20. The molecule has 0 aliphatic carbocycles. The second kappa shape index (κ2) is 6.56. The summed E-state index contributed by atoms with van der Waals surface area (Å²) in [5.74, 6) is -1.39. The number of hydrogen-bond acceptors (Lipinski definition) is 4. The highest BCUT2D eigenvalue weighted by Gasteiger charge is 2.40. The maximum Gasteiger partial charge on any atom is 0.326 e. The van der Waals surface area contributed by atoms with E-state index in [2.05, 4.69) is 0 Å². The van der Waals surface area contributed by atoms with Crippen molar-refractivity contribution in [3.05, 3.63) is 0 Å². The van der Waals surface area contributed by atoms with Crippen LogP contribution in [-0.2, 0) is 9.59 Å². The number of aliphatic hydroxyl groups excluding tert-OH is 1. The summed E-state index contributed by atoms with van der Waals surface area (Å²) in [4.78, 5) is 38.8. The van der Waals surface area contributed by atoms with E-state index < -0.39 is 24.1 Å². The van der Waals surface area contributed by atoms with Crippen LogP contribution in [0.2, 0.25) is 0 Å². The minimum Gasteiger partial charge on any atom is -0.480 e. The van der Waals surface area contributed by atoms with E-state index >= 15 is 0 Å². The summed E-state index contributed by atoms with van der Waals surface area (Å²) in [6.45, 7) is 1.87. The third-order valence-corrected chi connectivity index (χ3v) is 3.29. The van der Waals surface area contributed by atoms with Crippen LogP contribution in [0, 0.1) is 0 Å². The molecule has 8 nitrogen and oxygen atoms in total. The van der Waals surface area contributed by atoms with Crippen LogP contribution in [0.4, 0.5) is 4.79 Å². The number of rotatable bonds is 4. The van der Waals surface area contributed by atoms with Crippen LogP contribution in [-0.4, -0.2) is 88.7 Å². The lowest BCUT2D eigenvalue weighted by atomic mass is 10.2. The zero-order valence-electron chi connectivity index (χ0n) is 11.9. The predicted molar refractivity (Wildman–Crippen MR) is 70.1 cm³/mol. The van der Waals surface area contributed by atoms with Gasteiger partial charge in [-0.05, 0) is 6.92 Å². The molecular formula is C12H21N3O5. The fourth-order valence-corrected chi connectivity index (χ4v) is 2.06. The monoisotopic (exact) mass is 287 g/mol. The van der Waals surface area contributed by atoms with Gasteiger partial charge in [0.15, 0.2) is 0 Å². The highest BCUT2D eigenvalue weighted by atomic mass is 16.4. The van der Waals surface area contributed by atoms with Crippen molar-refractivity contribution in [2.75, 3.05) is 33.7 Å². The summed E-state index contributed by atoms with van der Waals surface area (Å²) < 4.78 is 0. The summed E-state index contributed by atoms with van der Waals surface area (Å²) in [6, 6.07) is -1.58. The largest absolute Gasteiger partial charge is 0.480 e. The molecule has 1 rings (SSSR count). The number of carboxylic acid groups (broad SMARTS) is 1. The van der Waals surface area contributed by atoms with Gasteiger partial charge in [0.05, 0.1) is 6.10 Å². The minimum absolute atomic E-state index is 0.0141. The van der Waals surface area contributed by atoms with E-state index in [-0.39, 0.29) is 32.0 Å². The predicted octanol–water partition coefficient (Wildman–Crippen LogP) is -0.964. The van der Waals surface area contributed by atoms with E-state index in [0.29, 0.717) is 0 Å². The summed E-state index contributed by atoms with van der Waals surface area (Å²) in [5, 5.41) is 18.6. The Kier molecular flexibility index (Phi) is 5.32. The molecular weight excluding hydrogens is 266 g/mol. The number of amides is 3. The van der Waals surface area contributed by atoms with Gasteiger partial charge < -0.3 is 24.9 Å². The molecule has 0 spiro atoms. The number of carbonyl (C=O) groups is 3. The topological polar surface area (TPSA) is 101 Å². The number of aliphatic carboxylic acids is 1. The normalized spacial score (nSPS) is 21.7. The zero-order chi connectivity index (χ0) is 15.4. The molecule has 1 aliphatic rings. The Morgan fingerprint density at radius 3 is 2.35 bits per heavy atom. The first-order valence-electron chi connectivity index (χ1n) is 6.44. The van der Waals surface area contributed by atoms with Gasteiger partial charge in [-0.25, -0.2) is 9.59 Å².